The summed E-state index contributed by atoms with van der Waals surface area (Å²) in [5, 5.41) is 26.0. The van der Waals surface area contributed by atoms with Crippen molar-refractivity contribution in [1.29, 1.82) is 0 Å². The van der Waals surface area contributed by atoms with E-state index >= 15 is 0 Å². The SMILES string of the molecule is C=CC(C)(C)C12C=C(O)C(=O)N3C(=Cc4cnc[nH]4)C(=O)NC31N(O)c1ccccc12. The number of aromatic nitrogens is 2. The van der Waals surface area contributed by atoms with Gasteiger partial charge in [-0.1, -0.05) is 38.1 Å². The molecule has 1 aromatic heterocycles. The first kappa shape index (κ1) is 19.1. The molecule has 0 bridgehead atoms. The van der Waals surface area contributed by atoms with E-state index in [1.54, 1.807) is 30.3 Å². The Bertz CT molecular complexity index is 1200. The largest absolute Gasteiger partial charge is 0.503 e. The molecular formula is C22H21N5O4. The van der Waals surface area contributed by atoms with Crippen LogP contribution in [0.5, 0.6) is 0 Å². The lowest BCUT2D eigenvalue weighted by Crippen LogP contribution is -2.76. The molecule has 9 heteroatoms. The monoisotopic (exact) mass is 419 g/mol. The summed E-state index contributed by atoms with van der Waals surface area (Å²) in [6.07, 6.45) is 7.50. The zero-order valence-corrected chi connectivity index (χ0v) is 17.0. The molecule has 3 aliphatic heterocycles. The third kappa shape index (κ3) is 2.01. The van der Waals surface area contributed by atoms with Crippen molar-refractivity contribution < 1.29 is 19.9 Å². The van der Waals surface area contributed by atoms with E-state index in [0.29, 0.717) is 16.9 Å². The summed E-state index contributed by atoms with van der Waals surface area (Å²) in [5.74, 6) is -3.67. The number of para-hydroxylation sites is 1. The van der Waals surface area contributed by atoms with Crippen LogP contribution in [0, 0.1) is 5.41 Å². The number of hydrogen-bond donors (Lipinski definition) is 4. The Labute approximate surface area is 178 Å². The number of aromatic amines is 1. The van der Waals surface area contributed by atoms with Gasteiger partial charge in [0.05, 0.1) is 29.3 Å². The Morgan fingerprint density at radius 3 is 2.68 bits per heavy atom. The first-order chi connectivity index (χ1) is 14.7. The normalized spacial score (nSPS) is 28.2. The number of carbonyl (C=O) groups excluding carboxylic acids is 2. The third-order valence-corrected chi connectivity index (χ3v) is 6.61. The summed E-state index contributed by atoms with van der Waals surface area (Å²) in [6, 6.07) is 7.05. The molecule has 5 rings (SSSR count). The summed E-state index contributed by atoms with van der Waals surface area (Å²) in [4.78, 5) is 34.4. The fourth-order valence-electron chi connectivity index (χ4n) is 5.08. The van der Waals surface area contributed by atoms with Crippen LogP contribution in [-0.4, -0.2) is 42.8 Å². The molecule has 2 unspecified atom stereocenters. The lowest BCUT2D eigenvalue weighted by molar-refractivity contribution is -0.143. The number of fused-ring (bicyclic) bond motifs is 2. The molecule has 4 heterocycles. The van der Waals surface area contributed by atoms with Gasteiger partial charge in [-0.25, -0.2) is 10.0 Å². The molecule has 4 N–H and O–H groups in total. The standard InChI is InChI=1S/C22H21N5O4/c1-4-20(2,3)21-10-17(28)19(30)26-16(9-13-11-23-12-24-13)18(29)25-22(21,26)27(31)15-8-6-5-7-14(15)21/h4-12,28,31H,1H2,2-3H3,(H,23,24)(H,25,29). The smallest absolute Gasteiger partial charge is 0.296 e. The second-order valence-corrected chi connectivity index (χ2v) is 8.40. The van der Waals surface area contributed by atoms with Crippen molar-refractivity contribution in [2.24, 2.45) is 5.41 Å². The van der Waals surface area contributed by atoms with Crippen LogP contribution < -0.4 is 10.4 Å². The number of hydrogen-bond acceptors (Lipinski definition) is 6. The number of hydroxylamine groups is 1. The van der Waals surface area contributed by atoms with Gasteiger partial charge >= 0.3 is 0 Å². The summed E-state index contributed by atoms with van der Waals surface area (Å²) in [6.45, 7) is 7.71. The van der Waals surface area contributed by atoms with Gasteiger partial charge in [-0.05, 0) is 23.8 Å². The molecule has 9 nitrogen and oxygen atoms in total. The number of benzene rings is 1. The van der Waals surface area contributed by atoms with Gasteiger partial charge in [-0.3, -0.25) is 19.7 Å². The highest BCUT2D eigenvalue weighted by molar-refractivity contribution is 6.10. The third-order valence-electron chi connectivity index (χ3n) is 6.61. The van der Waals surface area contributed by atoms with Crippen molar-refractivity contribution in [2.75, 3.05) is 5.06 Å². The van der Waals surface area contributed by atoms with Crippen LogP contribution in [0.2, 0.25) is 0 Å². The molecule has 2 atom stereocenters. The fourth-order valence-corrected chi connectivity index (χ4v) is 5.08. The van der Waals surface area contributed by atoms with Gasteiger partial charge < -0.3 is 15.4 Å². The Morgan fingerprint density at radius 1 is 1.26 bits per heavy atom. The van der Waals surface area contributed by atoms with Crippen molar-refractivity contribution in [3.63, 3.8) is 0 Å². The predicted molar refractivity (Wildman–Crippen MR) is 111 cm³/mol. The Hall–Kier alpha value is -3.85. The number of nitrogens with one attached hydrogen (secondary N) is 2. The van der Waals surface area contributed by atoms with E-state index in [1.165, 1.54) is 24.7 Å². The maximum Gasteiger partial charge on any atom is 0.296 e. The molecule has 2 aromatic rings. The predicted octanol–water partition coefficient (Wildman–Crippen LogP) is 2.18. The van der Waals surface area contributed by atoms with Gasteiger partial charge in [-0.2, -0.15) is 0 Å². The highest BCUT2D eigenvalue weighted by Crippen LogP contribution is 2.64. The lowest BCUT2D eigenvalue weighted by atomic mass is 9.57. The van der Waals surface area contributed by atoms with Gasteiger partial charge in [0.25, 0.3) is 11.8 Å². The molecule has 0 saturated carbocycles. The second kappa shape index (κ2) is 5.86. The van der Waals surface area contributed by atoms with E-state index in [4.69, 9.17) is 0 Å². The average Bonchev–Trinajstić information content (AvgIpc) is 3.42. The number of carbonyl (C=O) groups is 2. The van der Waals surface area contributed by atoms with E-state index in [2.05, 4.69) is 21.9 Å². The average molecular weight is 419 g/mol. The number of anilines is 1. The van der Waals surface area contributed by atoms with Crippen LogP contribution in [-0.2, 0) is 15.0 Å². The first-order valence-corrected chi connectivity index (χ1v) is 9.72. The number of rotatable bonds is 3. The van der Waals surface area contributed by atoms with E-state index in [1.807, 2.05) is 13.8 Å². The molecule has 1 fully saturated rings. The minimum absolute atomic E-state index is 0.0370. The number of allylic oxidation sites excluding steroid dienone is 1. The number of imidazole rings is 1. The minimum atomic E-state index is -1.75. The number of nitrogens with zero attached hydrogens (tertiary/aromatic N) is 3. The Morgan fingerprint density at radius 2 is 2.00 bits per heavy atom. The van der Waals surface area contributed by atoms with Crippen molar-refractivity contribution >= 4 is 23.6 Å². The molecule has 0 aliphatic carbocycles. The fraction of sp³-hybridized carbons (Fsp3) is 0.227. The van der Waals surface area contributed by atoms with Crippen molar-refractivity contribution in [3.05, 3.63) is 78.2 Å². The van der Waals surface area contributed by atoms with E-state index in [-0.39, 0.29) is 5.70 Å². The van der Waals surface area contributed by atoms with Gasteiger partial charge in [-0.15, -0.1) is 6.58 Å². The van der Waals surface area contributed by atoms with Crippen molar-refractivity contribution in [1.82, 2.24) is 20.2 Å². The van der Waals surface area contributed by atoms with E-state index in [9.17, 15) is 19.9 Å². The Kier molecular flexibility index (Phi) is 3.61. The highest BCUT2D eigenvalue weighted by atomic mass is 16.5. The summed E-state index contributed by atoms with van der Waals surface area (Å²) < 4.78 is 0. The zero-order valence-electron chi connectivity index (χ0n) is 17.0. The van der Waals surface area contributed by atoms with Gasteiger partial charge in [0.15, 0.2) is 5.76 Å². The first-order valence-electron chi connectivity index (χ1n) is 9.72. The molecule has 3 aliphatic rings. The summed E-state index contributed by atoms with van der Waals surface area (Å²) >= 11 is 0. The number of aliphatic hydroxyl groups is 1. The summed E-state index contributed by atoms with van der Waals surface area (Å²) in [7, 11) is 0. The van der Waals surface area contributed by atoms with Crippen LogP contribution in [0.3, 0.4) is 0 Å². The van der Waals surface area contributed by atoms with Crippen molar-refractivity contribution in [3.8, 4) is 0 Å². The minimum Gasteiger partial charge on any atom is -0.503 e. The maximum atomic E-state index is 13.3. The van der Waals surface area contributed by atoms with E-state index < -0.39 is 34.2 Å². The number of H-pyrrole nitrogens is 1. The topological polar surface area (TPSA) is 122 Å². The molecule has 1 saturated heterocycles. The molecule has 158 valence electrons. The quantitative estimate of drug-likeness (QED) is 0.447. The maximum absolute atomic E-state index is 13.3. The van der Waals surface area contributed by atoms with Crippen LogP contribution >= 0.6 is 0 Å². The van der Waals surface area contributed by atoms with E-state index in [0.717, 1.165) is 9.96 Å². The van der Waals surface area contributed by atoms with Crippen molar-refractivity contribution in [2.45, 2.75) is 25.0 Å². The lowest BCUT2D eigenvalue weighted by Gasteiger charge is -2.55. The van der Waals surface area contributed by atoms with Crippen LogP contribution in [0.4, 0.5) is 5.69 Å². The zero-order chi connectivity index (χ0) is 22.2. The van der Waals surface area contributed by atoms with Crippen LogP contribution in [0.15, 0.2) is 67.0 Å². The van der Waals surface area contributed by atoms with Gasteiger partial charge in [0.2, 0.25) is 5.79 Å². The van der Waals surface area contributed by atoms with Crippen LogP contribution in [0.25, 0.3) is 6.08 Å². The molecule has 2 amide bonds. The molecule has 31 heavy (non-hydrogen) atoms. The number of aliphatic hydroxyl groups excluding tert-OH is 1. The molecule has 1 spiro atoms. The highest BCUT2D eigenvalue weighted by Gasteiger charge is 2.76. The number of amides is 2. The van der Waals surface area contributed by atoms with Crippen LogP contribution in [0.1, 0.15) is 25.1 Å². The second-order valence-electron chi connectivity index (χ2n) is 8.40. The summed E-state index contributed by atoms with van der Waals surface area (Å²) in [5.41, 5.74) is -0.601. The van der Waals surface area contributed by atoms with Gasteiger partial charge in [0, 0.05) is 5.41 Å². The molecular weight excluding hydrogens is 398 g/mol. The molecule has 0 radical (unpaired) electrons. The Balaban J connectivity index is 1.90. The molecule has 1 aromatic carbocycles. The van der Waals surface area contributed by atoms with Gasteiger partial charge in [0.1, 0.15) is 5.70 Å².